The molecule has 0 aromatic rings. The molecule has 1 aliphatic rings. The molecule has 0 aromatic carbocycles. The van der Waals surface area contributed by atoms with Crippen molar-refractivity contribution in [3.05, 3.63) is 37.0 Å². The molecule has 86 valence electrons. The summed E-state index contributed by atoms with van der Waals surface area (Å²) < 4.78 is 23.4. The molecule has 0 fully saturated rings. The Kier molecular flexibility index (Phi) is 4.65. The first-order valence-corrected chi connectivity index (χ1v) is 5.59. The largest absolute Gasteiger partial charge is 0.478 e. The predicted octanol–water partition coefficient (Wildman–Crippen LogP) is 0.910. The van der Waals surface area contributed by atoms with Crippen LogP contribution in [0.4, 0.5) is 0 Å². The second kappa shape index (κ2) is 6.02. The molecule has 0 bridgehead atoms. The Morgan fingerprint density at radius 1 is 1.56 bits per heavy atom. The van der Waals surface area contributed by atoms with Crippen LogP contribution >= 0.6 is 0 Å². The molecule has 1 rings (SSSR count). The van der Waals surface area contributed by atoms with Gasteiger partial charge in [-0.3, -0.25) is 0 Å². The highest BCUT2D eigenvalue weighted by atomic mass is 32.2. The van der Waals surface area contributed by atoms with Crippen molar-refractivity contribution in [2.45, 2.75) is 0 Å². The van der Waals surface area contributed by atoms with Gasteiger partial charge in [-0.2, -0.15) is 0 Å². The van der Waals surface area contributed by atoms with Crippen LogP contribution < -0.4 is 5.32 Å². The first-order valence-electron chi connectivity index (χ1n) is 4.53. The Morgan fingerprint density at radius 2 is 2.31 bits per heavy atom. The minimum atomic E-state index is -1.58. The molecule has 5 nitrogen and oxygen atoms in total. The number of amidine groups is 1. The maximum atomic E-state index is 11.0. The maximum Gasteiger partial charge on any atom is 0.271 e. The Hall–Kier alpha value is -1.69. The van der Waals surface area contributed by atoms with Crippen molar-refractivity contribution >= 4 is 22.9 Å². The van der Waals surface area contributed by atoms with Crippen molar-refractivity contribution in [2.75, 3.05) is 13.7 Å². The van der Waals surface area contributed by atoms with E-state index >= 15 is 0 Å². The molecule has 1 unspecified atom stereocenters. The number of methoxy groups -OCH3 is 1. The number of hydrogen-bond acceptors (Lipinski definition) is 3. The molecule has 0 saturated carbocycles. The van der Waals surface area contributed by atoms with Gasteiger partial charge in [0.25, 0.3) is 17.1 Å². The molecule has 6 heteroatoms. The number of nitrogens with zero attached hydrogens (tertiary/aromatic N) is 2. The maximum absolute atomic E-state index is 11.0. The SMILES string of the molecule is C=C/C=C(\C=C)CNC1=NS(=O)N=C1OC. The molecule has 0 aliphatic carbocycles. The molecule has 1 heterocycles. The van der Waals surface area contributed by atoms with Crippen LogP contribution in [0.3, 0.4) is 0 Å². The van der Waals surface area contributed by atoms with Crippen molar-refractivity contribution in [3.8, 4) is 0 Å². The molecule has 1 atom stereocenters. The summed E-state index contributed by atoms with van der Waals surface area (Å²) in [6.45, 7) is 7.75. The monoisotopic (exact) mass is 239 g/mol. The summed E-state index contributed by atoms with van der Waals surface area (Å²) in [5, 5.41) is 2.96. The van der Waals surface area contributed by atoms with Gasteiger partial charge >= 0.3 is 0 Å². The summed E-state index contributed by atoms with van der Waals surface area (Å²) in [6.07, 6.45) is 5.18. The molecule has 0 amide bonds. The van der Waals surface area contributed by atoms with Crippen LogP contribution in [0.2, 0.25) is 0 Å². The van der Waals surface area contributed by atoms with E-state index < -0.39 is 11.2 Å². The Bertz CT molecular complexity index is 410. The molecule has 0 saturated heterocycles. The Balaban J connectivity index is 2.63. The molecule has 16 heavy (non-hydrogen) atoms. The second-order valence-corrected chi connectivity index (χ2v) is 3.63. The summed E-state index contributed by atoms with van der Waals surface area (Å²) >= 11 is -1.58. The number of allylic oxidation sites excluding steroid dienone is 2. The van der Waals surface area contributed by atoms with Gasteiger partial charge in [-0.1, -0.05) is 31.4 Å². The fourth-order valence-electron chi connectivity index (χ4n) is 1.03. The van der Waals surface area contributed by atoms with Gasteiger partial charge in [0.05, 0.1) is 7.11 Å². The van der Waals surface area contributed by atoms with Crippen molar-refractivity contribution in [1.82, 2.24) is 5.32 Å². The molecule has 0 radical (unpaired) electrons. The summed E-state index contributed by atoms with van der Waals surface area (Å²) in [6, 6.07) is 0. The van der Waals surface area contributed by atoms with Crippen LogP contribution in [0.15, 0.2) is 45.8 Å². The van der Waals surface area contributed by atoms with E-state index in [0.717, 1.165) is 5.57 Å². The number of nitrogens with one attached hydrogen (secondary N) is 1. The van der Waals surface area contributed by atoms with Gasteiger partial charge < -0.3 is 10.1 Å². The summed E-state index contributed by atoms with van der Waals surface area (Å²) in [5.41, 5.74) is 0.936. The topological polar surface area (TPSA) is 63.0 Å². The van der Waals surface area contributed by atoms with Crippen LogP contribution in [0.1, 0.15) is 0 Å². The third-order valence-electron chi connectivity index (χ3n) is 1.78. The Morgan fingerprint density at radius 3 is 2.88 bits per heavy atom. The van der Waals surface area contributed by atoms with Crippen molar-refractivity contribution < 1.29 is 8.95 Å². The van der Waals surface area contributed by atoms with E-state index in [-0.39, 0.29) is 5.90 Å². The lowest BCUT2D eigenvalue weighted by Crippen LogP contribution is -2.31. The van der Waals surface area contributed by atoms with Gasteiger partial charge in [0.2, 0.25) is 5.84 Å². The van der Waals surface area contributed by atoms with E-state index in [4.69, 9.17) is 4.74 Å². The van der Waals surface area contributed by atoms with Gasteiger partial charge in [0.15, 0.2) is 0 Å². The van der Waals surface area contributed by atoms with Crippen molar-refractivity contribution in [2.24, 2.45) is 8.80 Å². The first kappa shape index (κ1) is 12.4. The highest BCUT2D eigenvalue weighted by Crippen LogP contribution is 2.02. The first-order chi connectivity index (χ1) is 7.71. The lowest BCUT2D eigenvalue weighted by atomic mass is 10.2. The van der Waals surface area contributed by atoms with Crippen LogP contribution in [0, 0.1) is 0 Å². The highest BCUT2D eigenvalue weighted by Gasteiger charge is 2.18. The minimum Gasteiger partial charge on any atom is -0.478 e. The third kappa shape index (κ3) is 3.16. The normalized spacial score (nSPS) is 19.8. The summed E-state index contributed by atoms with van der Waals surface area (Å²) in [5.74, 6) is 0.637. The fraction of sp³-hybridized carbons (Fsp3) is 0.200. The number of rotatable bonds is 4. The van der Waals surface area contributed by atoms with Gasteiger partial charge in [-0.05, 0) is 5.57 Å². The van der Waals surface area contributed by atoms with E-state index in [1.165, 1.54) is 7.11 Å². The average molecular weight is 239 g/mol. The van der Waals surface area contributed by atoms with E-state index in [2.05, 4.69) is 27.3 Å². The highest BCUT2D eigenvalue weighted by molar-refractivity contribution is 7.83. The van der Waals surface area contributed by atoms with Crippen LogP contribution in [0.25, 0.3) is 0 Å². The van der Waals surface area contributed by atoms with E-state index in [1.807, 2.05) is 6.08 Å². The van der Waals surface area contributed by atoms with Crippen LogP contribution in [-0.2, 0) is 15.9 Å². The summed E-state index contributed by atoms with van der Waals surface area (Å²) in [4.78, 5) is 0. The third-order valence-corrected chi connectivity index (χ3v) is 2.44. The zero-order valence-electron chi connectivity index (χ0n) is 8.97. The second-order valence-electron chi connectivity index (χ2n) is 2.81. The molecule has 1 N–H and O–H groups in total. The van der Waals surface area contributed by atoms with Gasteiger partial charge in [-0.25, -0.2) is 4.21 Å². The number of ether oxygens (including phenoxy) is 1. The van der Waals surface area contributed by atoms with Gasteiger partial charge in [-0.15, -0.1) is 8.80 Å². The molecule has 0 spiro atoms. The molecule has 1 aliphatic heterocycles. The molecule has 0 aromatic heterocycles. The summed E-state index contributed by atoms with van der Waals surface area (Å²) in [7, 11) is 1.45. The van der Waals surface area contributed by atoms with Crippen molar-refractivity contribution in [3.63, 3.8) is 0 Å². The van der Waals surface area contributed by atoms with Gasteiger partial charge in [0.1, 0.15) is 0 Å². The fourth-order valence-corrected chi connectivity index (χ4v) is 1.67. The smallest absolute Gasteiger partial charge is 0.271 e. The standard InChI is InChI=1S/C10H13N3O2S/c1-4-6-8(5-2)7-11-9-10(15-3)13-16(14)12-9/h4-6H,1-2,7H2,3H3,(H,11,12)/b8-6+. The van der Waals surface area contributed by atoms with E-state index in [1.54, 1.807) is 12.2 Å². The average Bonchev–Trinajstić information content (AvgIpc) is 2.65. The number of hydrogen-bond donors (Lipinski definition) is 1. The lowest BCUT2D eigenvalue weighted by molar-refractivity contribution is 0.411. The zero-order chi connectivity index (χ0) is 12.0. The van der Waals surface area contributed by atoms with E-state index in [9.17, 15) is 4.21 Å². The van der Waals surface area contributed by atoms with Crippen LogP contribution in [0.5, 0.6) is 0 Å². The van der Waals surface area contributed by atoms with Gasteiger partial charge in [0, 0.05) is 6.54 Å². The quantitative estimate of drug-likeness (QED) is 0.742. The minimum absolute atomic E-state index is 0.250. The Labute approximate surface area is 97.0 Å². The predicted molar refractivity (Wildman–Crippen MR) is 66.5 cm³/mol. The molecular weight excluding hydrogens is 226 g/mol. The molecular formula is C10H13N3O2S. The van der Waals surface area contributed by atoms with Crippen molar-refractivity contribution in [1.29, 1.82) is 0 Å². The zero-order valence-corrected chi connectivity index (χ0v) is 9.79. The lowest BCUT2D eigenvalue weighted by Gasteiger charge is -2.06. The van der Waals surface area contributed by atoms with E-state index in [0.29, 0.717) is 12.4 Å². The van der Waals surface area contributed by atoms with Crippen LogP contribution in [-0.4, -0.2) is 29.6 Å².